The van der Waals surface area contributed by atoms with Crippen molar-refractivity contribution >= 4 is 11.6 Å². The molecule has 1 fully saturated rings. The predicted octanol–water partition coefficient (Wildman–Crippen LogP) is 3.95. The second-order valence-electron chi connectivity index (χ2n) is 7.59. The van der Waals surface area contributed by atoms with Crippen LogP contribution in [0.4, 0.5) is 0 Å². The van der Waals surface area contributed by atoms with Crippen LogP contribution in [0.15, 0.2) is 71.7 Å². The molecule has 0 unspecified atom stereocenters. The lowest BCUT2D eigenvalue weighted by molar-refractivity contribution is 0.0528. The maximum absolute atomic E-state index is 12.5. The second-order valence-corrected chi connectivity index (χ2v) is 7.59. The quantitative estimate of drug-likeness (QED) is 0.516. The van der Waals surface area contributed by atoms with Crippen molar-refractivity contribution in [3.05, 3.63) is 93.9 Å². The summed E-state index contributed by atoms with van der Waals surface area (Å²) in [7, 11) is 0. The third kappa shape index (κ3) is 2.92. The first-order valence-electron chi connectivity index (χ1n) is 10.1. The van der Waals surface area contributed by atoms with Gasteiger partial charge in [0.05, 0.1) is 18.5 Å². The zero-order valence-electron chi connectivity index (χ0n) is 16.6. The maximum atomic E-state index is 12.5. The molecule has 6 heteroatoms. The van der Waals surface area contributed by atoms with E-state index in [2.05, 4.69) is 46.5 Å². The summed E-state index contributed by atoms with van der Waals surface area (Å²) in [6, 6.07) is 20.3. The van der Waals surface area contributed by atoms with E-state index in [1.807, 2.05) is 18.2 Å². The first kappa shape index (κ1) is 18.4. The molecule has 2 aromatic carbocycles. The molecular weight excluding hydrogens is 378 g/mol. The Balaban J connectivity index is 1.53. The third-order valence-corrected chi connectivity index (χ3v) is 5.82. The van der Waals surface area contributed by atoms with Crippen LogP contribution in [0, 0.1) is 0 Å². The summed E-state index contributed by atoms with van der Waals surface area (Å²) in [5, 5.41) is 4.02. The number of nitrogens with one attached hydrogen (secondary N) is 1. The summed E-state index contributed by atoms with van der Waals surface area (Å²) >= 11 is 0. The van der Waals surface area contributed by atoms with E-state index >= 15 is 0 Å². The fraction of sp³-hybridized carbons (Fsp3) is 0.208. The number of esters is 1. The van der Waals surface area contributed by atoms with Gasteiger partial charge in [-0.05, 0) is 36.5 Å². The van der Waals surface area contributed by atoms with Gasteiger partial charge in [0.1, 0.15) is 5.56 Å². The van der Waals surface area contributed by atoms with Crippen molar-refractivity contribution in [2.24, 2.45) is 0 Å². The normalized spacial score (nSPS) is 14.6. The number of carbonyl (C=O) groups is 1. The standard InChI is InChI=1S/C24H21N3O3/c1-2-30-23(29)19-15-25-27-21(28)14-20(26-22(19)27)16-8-10-18(11-9-16)24(12-13-24)17-6-4-3-5-7-17/h3-11,14-15,26H,2,12-13H2,1H3. The number of H-pyrrole nitrogens is 1. The number of aromatic nitrogens is 3. The zero-order valence-corrected chi connectivity index (χ0v) is 16.6. The number of fused-ring (bicyclic) bond motifs is 1. The molecule has 6 nitrogen and oxygen atoms in total. The maximum Gasteiger partial charge on any atom is 0.343 e. The average molecular weight is 399 g/mol. The van der Waals surface area contributed by atoms with E-state index in [4.69, 9.17) is 4.74 Å². The van der Waals surface area contributed by atoms with Crippen LogP contribution >= 0.6 is 0 Å². The van der Waals surface area contributed by atoms with Crippen molar-refractivity contribution in [1.82, 2.24) is 14.6 Å². The van der Waals surface area contributed by atoms with Crippen molar-refractivity contribution in [3.63, 3.8) is 0 Å². The number of aromatic amines is 1. The van der Waals surface area contributed by atoms with Crippen molar-refractivity contribution in [2.75, 3.05) is 6.61 Å². The Hall–Kier alpha value is -3.67. The number of nitrogens with zero attached hydrogens (tertiary/aromatic N) is 2. The van der Waals surface area contributed by atoms with Crippen LogP contribution in [0.25, 0.3) is 16.9 Å². The van der Waals surface area contributed by atoms with E-state index in [0.29, 0.717) is 11.3 Å². The second kappa shape index (κ2) is 6.99. The third-order valence-electron chi connectivity index (χ3n) is 5.82. The molecule has 0 atom stereocenters. The van der Waals surface area contributed by atoms with Gasteiger partial charge in [0.2, 0.25) is 0 Å². The van der Waals surface area contributed by atoms with E-state index in [0.717, 1.165) is 18.4 Å². The van der Waals surface area contributed by atoms with E-state index in [9.17, 15) is 9.59 Å². The van der Waals surface area contributed by atoms with Gasteiger partial charge in [-0.1, -0.05) is 54.6 Å². The van der Waals surface area contributed by atoms with Gasteiger partial charge in [-0.15, -0.1) is 0 Å². The molecule has 30 heavy (non-hydrogen) atoms. The molecule has 0 saturated heterocycles. The lowest BCUT2D eigenvalue weighted by Crippen LogP contribution is -2.15. The molecule has 1 aliphatic rings. The van der Waals surface area contributed by atoms with Crippen LogP contribution in [0.1, 0.15) is 41.3 Å². The van der Waals surface area contributed by atoms with Crippen molar-refractivity contribution in [3.8, 4) is 11.3 Å². The minimum atomic E-state index is -0.505. The number of hydrogen-bond donors (Lipinski definition) is 1. The summed E-state index contributed by atoms with van der Waals surface area (Å²) in [4.78, 5) is 27.9. The monoisotopic (exact) mass is 399 g/mol. The number of benzene rings is 2. The van der Waals surface area contributed by atoms with E-state index in [1.165, 1.54) is 27.9 Å². The summed E-state index contributed by atoms with van der Waals surface area (Å²) in [5.74, 6) is -0.505. The molecule has 5 rings (SSSR count). The molecule has 2 heterocycles. The highest BCUT2D eigenvalue weighted by atomic mass is 16.5. The predicted molar refractivity (Wildman–Crippen MR) is 114 cm³/mol. The summed E-state index contributed by atoms with van der Waals surface area (Å²) in [6.45, 7) is 1.99. The molecule has 4 aromatic rings. The van der Waals surface area contributed by atoms with Crippen molar-refractivity contribution in [1.29, 1.82) is 0 Å². The Morgan fingerprint density at radius 1 is 1.10 bits per heavy atom. The van der Waals surface area contributed by atoms with Gasteiger partial charge in [0.25, 0.3) is 5.56 Å². The fourth-order valence-electron chi connectivity index (χ4n) is 4.09. The van der Waals surface area contributed by atoms with E-state index in [1.54, 1.807) is 6.92 Å². The Kier molecular flexibility index (Phi) is 4.28. The molecule has 0 radical (unpaired) electrons. The van der Waals surface area contributed by atoms with Gasteiger partial charge in [0, 0.05) is 11.5 Å². The van der Waals surface area contributed by atoms with Gasteiger partial charge in [-0.25, -0.2) is 4.79 Å². The Labute approximate surface area is 173 Å². The molecule has 0 amide bonds. The minimum Gasteiger partial charge on any atom is -0.462 e. The van der Waals surface area contributed by atoms with Gasteiger partial charge in [0.15, 0.2) is 5.65 Å². The highest BCUT2D eigenvalue weighted by molar-refractivity contribution is 5.95. The van der Waals surface area contributed by atoms with Gasteiger partial charge in [-0.2, -0.15) is 9.61 Å². The molecule has 1 saturated carbocycles. The highest BCUT2D eigenvalue weighted by Gasteiger charge is 2.45. The Morgan fingerprint density at radius 2 is 1.80 bits per heavy atom. The Morgan fingerprint density at radius 3 is 2.47 bits per heavy atom. The molecule has 0 spiro atoms. The van der Waals surface area contributed by atoms with Crippen LogP contribution in [0.2, 0.25) is 0 Å². The first-order chi connectivity index (χ1) is 14.6. The lowest BCUT2D eigenvalue weighted by atomic mass is 9.87. The first-order valence-corrected chi connectivity index (χ1v) is 10.1. The summed E-state index contributed by atoms with van der Waals surface area (Å²) < 4.78 is 6.25. The van der Waals surface area contributed by atoms with Crippen LogP contribution in [-0.4, -0.2) is 27.2 Å². The van der Waals surface area contributed by atoms with E-state index < -0.39 is 5.97 Å². The lowest BCUT2D eigenvalue weighted by Gasteiger charge is -2.17. The Bertz CT molecular complexity index is 1280. The molecule has 2 aromatic heterocycles. The van der Waals surface area contributed by atoms with Crippen LogP contribution in [0.5, 0.6) is 0 Å². The minimum absolute atomic E-state index is 0.0969. The number of ether oxygens (including phenoxy) is 1. The largest absolute Gasteiger partial charge is 0.462 e. The smallest absolute Gasteiger partial charge is 0.343 e. The topological polar surface area (TPSA) is 76.5 Å². The SMILES string of the molecule is CCOC(=O)c1cnn2c(=O)cc(-c3ccc(C4(c5ccccc5)CC4)cc3)[nH]c12. The highest BCUT2D eigenvalue weighted by Crippen LogP contribution is 2.53. The molecule has 0 aliphatic heterocycles. The van der Waals surface area contributed by atoms with Crippen LogP contribution < -0.4 is 5.56 Å². The molecule has 1 N–H and O–H groups in total. The number of carbonyl (C=O) groups excluding carboxylic acids is 1. The van der Waals surface area contributed by atoms with Crippen LogP contribution in [0.3, 0.4) is 0 Å². The van der Waals surface area contributed by atoms with Gasteiger partial charge < -0.3 is 9.72 Å². The zero-order chi connectivity index (χ0) is 20.7. The summed E-state index contributed by atoms with van der Waals surface area (Å²) in [6.07, 6.45) is 3.63. The number of hydrogen-bond acceptors (Lipinski definition) is 4. The fourth-order valence-corrected chi connectivity index (χ4v) is 4.09. The van der Waals surface area contributed by atoms with Crippen molar-refractivity contribution in [2.45, 2.75) is 25.2 Å². The number of rotatable bonds is 5. The van der Waals surface area contributed by atoms with E-state index in [-0.39, 0.29) is 23.1 Å². The average Bonchev–Trinajstić information content (AvgIpc) is 3.47. The van der Waals surface area contributed by atoms with Gasteiger partial charge >= 0.3 is 5.97 Å². The van der Waals surface area contributed by atoms with Gasteiger partial charge in [-0.3, -0.25) is 4.79 Å². The molecule has 0 bridgehead atoms. The molecule has 1 aliphatic carbocycles. The van der Waals surface area contributed by atoms with Crippen LogP contribution in [-0.2, 0) is 10.2 Å². The molecular formula is C24H21N3O3. The summed E-state index contributed by atoms with van der Waals surface area (Å²) in [5.41, 5.74) is 4.49. The molecule has 150 valence electrons. The van der Waals surface area contributed by atoms with Crippen molar-refractivity contribution < 1.29 is 9.53 Å².